The second-order valence-corrected chi connectivity index (χ2v) is 14.0. The average molecular weight is 706 g/mol. The maximum absolute atomic E-state index is 12.9. The molecule has 46 heavy (non-hydrogen) atoms. The third-order valence-corrected chi connectivity index (χ3v) is 9.18. The van der Waals surface area contributed by atoms with Crippen molar-refractivity contribution in [2.75, 3.05) is 24.7 Å². The number of H-pyrrole nitrogens is 2. The summed E-state index contributed by atoms with van der Waals surface area (Å²) in [5, 5.41) is 21.8. The van der Waals surface area contributed by atoms with Crippen molar-refractivity contribution < 1.29 is 42.4 Å². The Labute approximate surface area is 260 Å². The second-order valence-electron chi connectivity index (χ2n) is 10.1. The van der Waals surface area contributed by atoms with E-state index in [9.17, 15) is 33.8 Å². The Balaban J connectivity index is 1.15. The molecule has 2 aliphatic rings. The molecule has 26 heteroatoms. The molecule has 2 saturated heterocycles. The highest BCUT2D eigenvalue weighted by molar-refractivity contribution is 8.45. The van der Waals surface area contributed by atoms with Gasteiger partial charge in [-0.05, 0) is 0 Å². The van der Waals surface area contributed by atoms with Crippen LogP contribution in [0.25, 0.3) is 22.3 Å². The van der Waals surface area contributed by atoms with Gasteiger partial charge < -0.3 is 40.2 Å². The first kappa shape index (κ1) is 32.4. The number of nitroso groups, excluding NO2 is 1. The summed E-state index contributed by atoms with van der Waals surface area (Å²) in [7, 11) is -3.45. The minimum absolute atomic E-state index is 0.0186. The fraction of sp³-hybridized carbons (Fsp3) is 0.500. The molecule has 248 valence electrons. The molecule has 0 amide bonds. The first-order valence-corrected chi connectivity index (χ1v) is 17.1. The molecule has 0 bridgehead atoms. The van der Waals surface area contributed by atoms with Crippen LogP contribution in [-0.4, -0.2) is 93.0 Å². The number of aliphatic hydroxyl groups excluding tert-OH is 2. The highest BCUT2D eigenvalue weighted by atomic mass is 32.7. The lowest BCUT2D eigenvalue weighted by Gasteiger charge is -2.21. The van der Waals surface area contributed by atoms with E-state index < -0.39 is 75.7 Å². The van der Waals surface area contributed by atoms with Crippen LogP contribution in [0.1, 0.15) is 18.9 Å². The molecule has 2 aliphatic heterocycles. The van der Waals surface area contributed by atoms with Crippen LogP contribution < -0.4 is 22.6 Å². The fourth-order valence-electron chi connectivity index (χ4n) is 5.08. The van der Waals surface area contributed by atoms with Crippen LogP contribution in [-0.2, 0) is 32.2 Å². The van der Waals surface area contributed by atoms with Crippen molar-refractivity contribution in [2.45, 2.75) is 49.4 Å². The summed E-state index contributed by atoms with van der Waals surface area (Å²) in [6.45, 7) is -5.25. The molecular weight excluding hydrogens is 680 g/mol. The Morgan fingerprint density at radius 1 is 1.04 bits per heavy atom. The average Bonchev–Trinajstić information content (AvgIpc) is 3.76. The number of aliphatic hydroxyl groups is 2. The number of fused-ring (bicyclic) bond motifs is 2. The number of hydrogen-bond donors (Lipinski definition) is 7. The van der Waals surface area contributed by atoms with Gasteiger partial charge in [-0.3, -0.25) is 42.3 Å². The summed E-state index contributed by atoms with van der Waals surface area (Å²) >= 11 is 3.55. The third kappa shape index (κ3) is 6.23. The van der Waals surface area contributed by atoms with Crippen molar-refractivity contribution in [1.82, 2.24) is 39.0 Å². The van der Waals surface area contributed by atoms with E-state index >= 15 is 0 Å². The van der Waals surface area contributed by atoms with Crippen LogP contribution in [0.4, 0.5) is 11.9 Å². The topological polar surface area (TPSA) is 329 Å². The number of nitrogens with zero attached hydrogens (tertiary/aromatic N) is 7. The highest BCUT2D eigenvalue weighted by Crippen LogP contribution is 2.53. The highest BCUT2D eigenvalue weighted by Gasteiger charge is 2.48. The van der Waals surface area contributed by atoms with Crippen molar-refractivity contribution in [1.29, 1.82) is 0 Å². The zero-order valence-electron chi connectivity index (χ0n) is 23.0. The summed E-state index contributed by atoms with van der Waals surface area (Å²) in [4.78, 5) is 58.0. The van der Waals surface area contributed by atoms with E-state index in [4.69, 9.17) is 34.5 Å². The number of ether oxygens (including phenoxy) is 2. The molecule has 2 fully saturated rings. The SMILES string of the molecule is Nc1nc2c(ncn2[C@@H]2O[C@H](CO[P@@](=O)(S)N=O)[C@@H](O[PH](=O)OC[C@@H]3C[C@@H](O)[C@H](n4cnc5c(=O)[nH]c(N)nc54)O3)[C@H]2O)c(=O)[nH]1. The van der Waals surface area contributed by atoms with Crippen molar-refractivity contribution >= 4 is 61.4 Å². The van der Waals surface area contributed by atoms with Crippen LogP contribution in [0, 0.1) is 4.91 Å². The molecule has 8 N–H and O–H groups in total. The molecule has 0 radical (unpaired) electrons. The van der Waals surface area contributed by atoms with Crippen molar-refractivity contribution in [3.8, 4) is 0 Å². The summed E-state index contributed by atoms with van der Waals surface area (Å²) in [5.74, 6) is -0.413. The van der Waals surface area contributed by atoms with Crippen LogP contribution in [0.3, 0.4) is 0 Å². The lowest BCUT2D eigenvalue weighted by Crippen LogP contribution is -2.35. The Hall–Kier alpha value is -3.57. The fourth-order valence-corrected chi connectivity index (χ4v) is 6.57. The van der Waals surface area contributed by atoms with Crippen molar-refractivity contribution in [3.63, 3.8) is 0 Å². The summed E-state index contributed by atoms with van der Waals surface area (Å²) in [6, 6.07) is 0. The smallest absolute Gasteiger partial charge is 0.388 e. The number of aromatic amines is 2. The van der Waals surface area contributed by atoms with E-state index in [0.29, 0.717) is 0 Å². The molecule has 4 aromatic rings. The zero-order chi connectivity index (χ0) is 32.9. The minimum atomic E-state index is -4.24. The molecule has 23 nitrogen and oxygen atoms in total. The molecule has 6 heterocycles. The molecule has 0 aromatic carbocycles. The van der Waals surface area contributed by atoms with E-state index in [1.807, 2.05) is 0 Å². The van der Waals surface area contributed by atoms with Crippen LogP contribution in [0.5, 0.6) is 0 Å². The van der Waals surface area contributed by atoms with E-state index in [1.165, 1.54) is 15.5 Å². The lowest BCUT2D eigenvalue weighted by molar-refractivity contribution is -0.0493. The van der Waals surface area contributed by atoms with Gasteiger partial charge in [0, 0.05) is 11.4 Å². The van der Waals surface area contributed by atoms with Gasteiger partial charge in [-0.2, -0.15) is 9.97 Å². The number of nitrogen functional groups attached to an aromatic ring is 2. The maximum Gasteiger partial charge on any atom is 0.405 e. The number of hydrogen-bond acceptors (Lipinski definition) is 18. The van der Waals surface area contributed by atoms with E-state index in [0.717, 1.165) is 6.33 Å². The monoisotopic (exact) mass is 705 g/mol. The van der Waals surface area contributed by atoms with Gasteiger partial charge in [-0.25, -0.2) is 9.97 Å². The van der Waals surface area contributed by atoms with Gasteiger partial charge in [-0.15, -0.1) is 4.91 Å². The molecule has 0 aliphatic carbocycles. The van der Waals surface area contributed by atoms with E-state index in [-0.39, 0.29) is 47.3 Å². The predicted molar refractivity (Wildman–Crippen MR) is 158 cm³/mol. The van der Waals surface area contributed by atoms with Gasteiger partial charge in [0.2, 0.25) is 11.9 Å². The third-order valence-electron chi connectivity index (χ3n) is 7.05. The summed E-state index contributed by atoms with van der Waals surface area (Å²) in [6.07, 6.45) is -6.37. The van der Waals surface area contributed by atoms with E-state index in [1.54, 1.807) is 0 Å². The Bertz CT molecular complexity index is 1980. The van der Waals surface area contributed by atoms with Gasteiger partial charge in [0.15, 0.2) is 34.8 Å². The van der Waals surface area contributed by atoms with Gasteiger partial charge >= 0.3 is 15.0 Å². The quantitative estimate of drug-likeness (QED) is 0.0555. The van der Waals surface area contributed by atoms with Crippen molar-refractivity contribution in [2.24, 2.45) is 4.95 Å². The number of anilines is 2. The molecule has 9 atom stereocenters. The second kappa shape index (κ2) is 12.6. The Kier molecular flexibility index (Phi) is 8.84. The van der Waals surface area contributed by atoms with Crippen LogP contribution >= 0.6 is 27.2 Å². The van der Waals surface area contributed by atoms with Gasteiger partial charge in [-0.1, -0.05) is 12.2 Å². The number of aromatic nitrogens is 8. The summed E-state index contributed by atoms with van der Waals surface area (Å²) in [5.41, 5.74) is 9.88. The van der Waals surface area contributed by atoms with Crippen LogP contribution in [0.15, 0.2) is 27.2 Å². The maximum atomic E-state index is 12.9. The largest absolute Gasteiger partial charge is 0.405 e. The number of nitrogens with one attached hydrogen (secondary N) is 2. The standard InChI is InChI=1S/C20H25N11O12P2S/c21-19-25-13-9(15(34)27-19)23-4-30(13)17-7(32)1-6(41-17)2-39-44(37)43-12-8(3-40-45(38,46)29-36)42-18(11(12)33)31-5-24-10-14(31)26-20(22)28-16(10)35/h4-8,11-12,17-18,32-33,44H,1-3H2,(H,38,46)(H3,21,25,27,34)(H3,22,26,28,35)/t6-,7+,8+,11+,12+,17+,18+,45+/m0/s1. The molecule has 6 rings (SSSR count). The van der Waals surface area contributed by atoms with Gasteiger partial charge in [0.1, 0.15) is 24.4 Å². The first-order chi connectivity index (χ1) is 21.8. The minimum Gasteiger partial charge on any atom is -0.388 e. The number of thiol groups is 1. The normalized spacial score (nSPS) is 28.5. The first-order valence-electron chi connectivity index (χ1n) is 13.1. The number of imidazole rings is 2. The Morgan fingerprint density at radius 3 is 2.22 bits per heavy atom. The molecule has 0 spiro atoms. The summed E-state index contributed by atoms with van der Waals surface area (Å²) < 4.78 is 54.9. The zero-order valence-corrected chi connectivity index (χ0v) is 25.8. The Morgan fingerprint density at radius 2 is 1.63 bits per heavy atom. The van der Waals surface area contributed by atoms with Crippen LogP contribution in [0.2, 0.25) is 0 Å². The van der Waals surface area contributed by atoms with Gasteiger partial charge in [0.25, 0.3) is 11.1 Å². The lowest BCUT2D eigenvalue weighted by atomic mass is 10.1. The molecule has 4 aromatic heterocycles. The molecular formula is C20H25N11O12P2S. The predicted octanol–water partition coefficient (Wildman–Crippen LogP) is -1.06. The molecule has 0 saturated carbocycles. The number of nitrogens with two attached hydrogens (primary N) is 2. The van der Waals surface area contributed by atoms with Crippen molar-refractivity contribution in [3.05, 3.63) is 38.3 Å². The number of rotatable bonds is 11. The molecule has 1 unspecified atom stereocenters. The van der Waals surface area contributed by atoms with Gasteiger partial charge in [0.05, 0.1) is 32.0 Å². The van der Waals surface area contributed by atoms with E-state index in [2.05, 4.69) is 47.1 Å².